The zero-order valence-corrected chi connectivity index (χ0v) is 21.9. The summed E-state index contributed by atoms with van der Waals surface area (Å²) in [7, 11) is 3.71. The molecule has 1 N–H and O–H groups in total. The maximum atomic E-state index is 5.92. The molecule has 5 rings (SSSR count). The minimum atomic E-state index is -0.321. The van der Waals surface area contributed by atoms with Crippen LogP contribution in [0.1, 0.15) is 98.3 Å². The highest BCUT2D eigenvalue weighted by Crippen LogP contribution is 2.69. The van der Waals surface area contributed by atoms with Crippen LogP contribution in [0.3, 0.4) is 0 Å². The van der Waals surface area contributed by atoms with Crippen LogP contribution in [-0.4, -0.2) is 32.6 Å². The third kappa shape index (κ3) is 3.54. The number of hydrogen-bond donors (Lipinski definition) is 1. The first-order chi connectivity index (χ1) is 15.3. The van der Waals surface area contributed by atoms with Crippen molar-refractivity contribution in [3.8, 4) is 0 Å². The third-order valence-electron chi connectivity index (χ3n) is 12.5. The SMILES string of the molecule is COC1(OC)CC[C@@]2(C)[C@@H](CC[C@@H]3[C@@H]2CC[C@]2(C)[C@@H]([C@H](C)[C@@H]4CC[C@@H](C)CN4)CC[C@@H]32)C1. The van der Waals surface area contributed by atoms with Gasteiger partial charge in [-0.05, 0) is 117 Å². The van der Waals surface area contributed by atoms with Crippen LogP contribution >= 0.6 is 0 Å². The van der Waals surface area contributed by atoms with Crippen LogP contribution in [-0.2, 0) is 9.47 Å². The quantitative estimate of drug-likeness (QED) is 0.491. The maximum Gasteiger partial charge on any atom is 0.167 e. The predicted octanol–water partition coefficient (Wildman–Crippen LogP) is 6.66. The molecule has 5 aliphatic rings. The number of piperidine rings is 1. The normalized spacial score (nSPS) is 51.4. The Kier molecular flexibility index (Phi) is 6.29. The van der Waals surface area contributed by atoms with Crippen LogP contribution in [0.2, 0.25) is 0 Å². The molecule has 3 nitrogen and oxygen atoms in total. The Morgan fingerprint density at radius 2 is 1.56 bits per heavy atom. The predicted molar refractivity (Wildman–Crippen MR) is 131 cm³/mol. The summed E-state index contributed by atoms with van der Waals surface area (Å²) in [6.07, 6.45) is 15.0. The first-order valence-electron chi connectivity index (χ1n) is 14.1. The van der Waals surface area contributed by atoms with Crippen LogP contribution in [0, 0.1) is 52.3 Å². The van der Waals surface area contributed by atoms with Gasteiger partial charge in [0.1, 0.15) is 0 Å². The van der Waals surface area contributed by atoms with Crippen molar-refractivity contribution in [2.75, 3.05) is 20.8 Å². The molecule has 1 aliphatic heterocycles. The summed E-state index contributed by atoms with van der Waals surface area (Å²) < 4.78 is 11.8. The fraction of sp³-hybridized carbons (Fsp3) is 1.00. The van der Waals surface area contributed by atoms with Crippen molar-refractivity contribution in [1.82, 2.24) is 5.32 Å². The third-order valence-corrected chi connectivity index (χ3v) is 12.5. The van der Waals surface area contributed by atoms with Gasteiger partial charge in [-0.25, -0.2) is 0 Å². The van der Waals surface area contributed by atoms with Crippen molar-refractivity contribution in [3.05, 3.63) is 0 Å². The van der Waals surface area contributed by atoms with Crippen molar-refractivity contribution in [3.63, 3.8) is 0 Å². The molecule has 1 heterocycles. The molecule has 10 atom stereocenters. The van der Waals surface area contributed by atoms with Crippen molar-refractivity contribution >= 4 is 0 Å². The first kappa shape index (κ1) is 23.6. The van der Waals surface area contributed by atoms with E-state index in [2.05, 4.69) is 33.0 Å². The number of rotatable bonds is 4. The minimum absolute atomic E-state index is 0.321. The molecule has 0 amide bonds. The molecule has 3 heteroatoms. The zero-order chi connectivity index (χ0) is 22.7. The Morgan fingerprint density at radius 3 is 2.25 bits per heavy atom. The summed E-state index contributed by atoms with van der Waals surface area (Å²) in [5.74, 6) is 5.92. The summed E-state index contributed by atoms with van der Waals surface area (Å²) >= 11 is 0. The fourth-order valence-corrected chi connectivity index (χ4v) is 10.3. The van der Waals surface area contributed by atoms with E-state index in [4.69, 9.17) is 9.47 Å². The van der Waals surface area contributed by atoms with Gasteiger partial charge in [-0.15, -0.1) is 0 Å². The topological polar surface area (TPSA) is 30.5 Å². The summed E-state index contributed by atoms with van der Waals surface area (Å²) in [6, 6.07) is 0.757. The molecule has 0 aromatic heterocycles. The summed E-state index contributed by atoms with van der Waals surface area (Å²) in [5, 5.41) is 3.95. The largest absolute Gasteiger partial charge is 0.353 e. The van der Waals surface area contributed by atoms with Gasteiger partial charge in [0, 0.05) is 33.1 Å². The molecule has 0 aromatic rings. The van der Waals surface area contributed by atoms with Gasteiger partial charge in [-0.2, -0.15) is 0 Å². The van der Waals surface area contributed by atoms with E-state index in [9.17, 15) is 0 Å². The lowest BCUT2D eigenvalue weighted by Gasteiger charge is -2.62. The summed E-state index contributed by atoms with van der Waals surface area (Å²) in [6.45, 7) is 11.6. The second-order valence-corrected chi connectivity index (χ2v) is 13.5. The number of ether oxygens (including phenoxy) is 2. The molecule has 4 aliphatic carbocycles. The van der Waals surface area contributed by atoms with E-state index in [0.29, 0.717) is 10.8 Å². The molecular weight excluding hydrogens is 394 g/mol. The molecule has 0 radical (unpaired) electrons. The smallest absolute Gasteiger partial charge is 0.167 e. The molecular formula is C29H51NO2. The second-order valence-electron chi connectivity index (χ2n) is 13.5. The molecule has 0 bridgehead atoms. The Morgan fingerprint density at radius 1 is 0.812 bits per heavy atom. The molecule has 5 fully saturated rings. The van der Waals surface area contributed by atoms with E-state index < -0.39 is 0 Å². The van der Waals surface area contributed by atoms with Crippen molar-refractivity contribution in [2.24, 2.45) is 52.3 Å². The van der Waals surface area contributed by atoms with Crippen LogP contribution < -0.4 is 5.32 Å². The average Bonchev–Trinajstić information content (AvgIpc) is 3.16. The van der Waals surface area contributed by atoms with E-state index in [1.807, 2.05) is 14.2 Å². The van der Waals surface area contributed by atoms with Gasteiger partial charge < -0.3 is 14.8 Å². The second kappa shape index (κ2) is 8.52. The number of methoxy groups -OCH3 is 2. The zero-order valence-electron chi connectivity index (χ0n) is 21.9. The Labute approximate surface area is 198 Å². The van der Waals surface area contributed by atoms with Crippen LogP contribution in [0.25, 0.3) is 0 Å². The lowest BCUT2D eigenvalue weighted by atomic mass is 9.44. The molecule has 32 heavy (non-hydrogen) atoms. The molecule has 4 saturated carbocycles. The van der Waals surface area contributed by atoms with Crippen LogP contribution in [0.15, 0.2) is 0 Å². The first-order valence-corrected chi connectivity index (χ1v) is 14.1. The van der Waals surface area contributed by atoms with E-state index >= 15 is 0 Å². The van der Waals surface area contributed by atoms with E-state index in [0.717, 1.165) is 60.3 Å². The highest BCUT2D eigenvalue weighted by atomic mass is 16.7. The van der Waals surface area contributed by atoms with Gasteiger partial charge in [0.2, 0.25) is 0 Å². The van der Waals surface area contributed by atoms with Gasteiger partial charge in [-0.1, -0.05) is 27.7 Å². The van der Waals surface area contributed by atoms with Crippen LogP contribution in [0.4, 0.5) is 0 Å². The molecule has 1 saturated heterocycles. The van der Waals surface area contributed by atoms with Gasteiger partial charge in [0.25, 0.3) is 0 Å². The molecule has 184 valence electrons. The standard InChI is InChI=1S/C29H51NO2/c1-19-7-12-26(30-18-19)20(2)23-10-11-24-22-9-8-21-17-29(31-5,32-6)16-15-27(21,3)25(22)13-14-28(23,24)4/h19-26,30H,7-18H2,1-6H3/t19-,20+,21+,22+,23-,24+,25+,26+,27+,28-/m1/s1. The number of fused-ring (bicyclic) bond motifs is 5. The number of nitrogens with one attached hydrogen (secondary N) is 1. The molecule has 0 aromatic carbocycles. The minimum Gasteiger partial charge on any atom is -0.353 e. The van der Waals surface area contributed by atoms with E-state index in [1.54, 1.807) is 0 Å². The monoisotopic (exact) mass is 445 g/mol. The lowest BCUT2D eigenvalue weighted by molar-refractivity contribution is -0.261. The maximum absolute atomic E-state index is 5.92. The van der Waals surface area contributed by atoms with Gasteiger partial charge >= 0.3 is 0 Å². The highest BCUT2D eigenvalue weighted by molar-refractivity contribution is 5.11. The molecule has 0 spiro atoms. The van der Waals surface area contributed by atoms with Gasteiger partial charge in [0.05, 0.1) is 0 Å². The lowest BCUT2D eigenvalue weighted by Crippen LogP contribution is -2.57. The van der Waals surface area contributed by atoms with Crippen molar-refractivity contribution in [2.45, 2.75) is 110 Å². The average molecular weight is 446 g/mol. The van der Waals surface area contributed by atoms with Crippen molar-refractivity contribution < 1.29 is 9.47 Å². The van der Waals surface area contributed by atoms with Crippen molar-refractivity contribution in [1.29, 1.82) is 0 Å². The van der Waals surface area contributed by atoms with E-state index in [1.165, 1.54) is 64.3 Å². The Hall–Kier alpha value is -0.120. The number of hydrogen-bond acceptors (Lipinski definition) is 3. The highest BCUT2D eigenvalue weighted by Gasteiger charge is 2.62. The summed E-state index contributed by atoms with van der Waals surface area (Å²) in [5.41, 5.74) is 1.07. The molecule has 0 unspecified atom stereocenters. The van der Waals surface area contributed by atoms with Gasteiger partial charge in [-0.3, -0.25) is 0 Å². The fourth-order valence-electron chi connectivity index (χ4n) is 10.3. The van der Waals surface area contributed by atoms with Gasteiger partial charge in [0.15, 0.2) is 5.79 Å². The Balaban J connectivity index is 1.32. The Bertz CT molecular complexity index is 668. The summed E-state index contributed by atoms with van der Waals surface area (Å²) in [4.78, 5) is 0. The van der Waals surface area contributed by atoms with E-state index in [-0.39, 0.29) is 5.79 Å². The van der Waals surface area contributed by atoms with Crippen LogP contribution in [0.5, 0.6) is 0 Å².